The fourth-order valence-corrected chi connectivity index (χ4v) is 1.75. The molecule has 2 aromatic carbocycles. The highest BCUT2D eigenvalue weighted by Crippen LogP contribution is 2.09. The van der Waals surface area contributed by atoms with Crippen molar-refractivity contribution in [3.63, 3.8) is 0 Å². The van der Waals surface area contributed by atoms with Crippen LogP contribution in [-0.4, -0.2) is 19.0 Å². The molecule has 0 amide bonds. The van der Waals surface area contributed by atoms with E-state index in [0.29, 0.717) is 12.4 Å². The molecule has 0 aliphatic heterocycles. The van der Waals surface area contributed by atoms with Gasteiger partial charge in [-0.1, -0.05) is 48.5 Å². The van der Waals surface area contributed by atoms with Crippen LogP contribution in [0.15, 0.2) is 60.7 Å². The van der Waals surface area contributed by atoms with Gasteiger partial charge in [0.15, 0.2) is 0 Å². The number of benzene rings is 2. The fourth-order valence-electron chi connectivity index (χ4n) is 1.75. The average Bonchev–Trinajstić information content (AvgIpc) is 2.46. The molecule has 19 heavy (non-hydrogen) atoms. The maximum Gasteiger partial charge on any atom is 0.710 e. The van der Waals surface area contributed by atoms with Gasteiger partial charge in [0.25, 0.3) is 0 Å². The summed E-state index contributed by atoms with van der Waals surface area (Å²) in [5.41, 5.74) is 1.27. The maximum atomic E-state index is 9.56. The van der Waals surface area contributed by atoms with Crippen LogP contribution in [0, 0.1) is 0 Å². The summed E-state index contributed by atoms with van der Waals surface area (Å²) in [5, 5.41) is 9.56. The lowest BCUT2D eigenvalue weighted by Gasteiger charge is -2.09. The van der Waals surface area contributed by atoms with Crippen molar-refractivity contribution in [1.82, 2.24) is 0 Å². The van der Waals surface area contributed by atoms with Crippen molar-refractivity contribution in [3.8, 4) is 5.75 Å². The summed E-state index contributed by atoms with van der Waals surface area (Å²) in [4.78, 5) is 0. The van der Waals surface area contributed by atoms with Crippen LogP contribution in [0.25, 0.3) is 0 Å². The molecule has 1 N–H and O–H groups in total. The Hall–Kier alpha value is -1.78. The second-order valence-corrected chi connectivity index (χ2v) is 4.20. The minimum Gasteiger partial charge on any atom is -0.512 e. The van der Waals surface area contributed by atoms with E-state index in [1.54, 1.807) is 12.1 Å². The third-order valence-corrected chi connectivity index (χ3v) is 2.69. The van der Waals surface area contributed by atoms with Gasteiger partial charge in [-0.05, 0) is 30.5 Å². The quantitative estimate of drug-likeness (QED) is 0.611. The van der Waals surface area contributed by atoms with E-state index in [1.165, 1.54) is 5.56 Å². The van der Waals surface area contributed by atoms with Crippen molar-refractivity contribution < 1.29 is 14.3 Å². The van der Waals surface area contributed by atoms with E-state index in [0.717, 1.165) is 12.8 Å². The highest BCUT2D eigenvalue weighted by atomic mass is 16.7. The number of para-hydroxylation sites is 1. The summed E-state index contributed by atoms with van der Waals surface area (Å²) in [7, 11) is -1.21. The molecular weight excluding hydrogens is 239 g/mol. The summed E-state index contributed by atoms with van der Waals surface area (Å²) in [6, 6.07) is 19.3. The van der Waals surface area contributed by atoms with Crippen LogP contribution in [0.1, 0.15) is 12.0 Å². The first-order valence-electron chi connectivity index (χ1n) is 6.40. The minimum atomic E-state index is -1.21. The SMILES string of the molecule is OB(OCCCc1ccccc1)Oc1ccccc1. The Balaban J connectivity index is 1.63. The highest BCUT2D eigenvalue weighted by molar-refractivity contribution is 6.35. The molecule has 2 rings (SSSR count). The molecule has 0 radical (unpaired) electrons. The Morgan fingerprint density at radius 3 is 2.21 bits per heavy atom. The zero-order valence-corrected chi connectivity index (χ0v) is 10.7. The Labute approximate surface area is 114 Å². The van der Waals surface area contributed by atoms with Gasteiger partial charge in [-0.3, -0.25) is 0 Å². The van der Waals surface area contributed by atoms with Gasteiger partial charge < -0.3 is 14.3 Å². The van der Waals surface area contributed by atoms with Gasteiger partial charge >= 0.3 is 7.32 Å². The second kappa shape index (κ2) is 7.61. The Morgan fingerprint density at radius 2 is 1.53 bits per heavy atom. The molecule has 0 spiro atoms. The lowest BCUT2D eigenvalue weighted by molar-refractivity contribution is 0.191. The van der Waals surface area contributed by atoms with Crippen molar-refractivity contribution in [2.45, 2.75) is 12.8 Å². The Kier molecular flexibility index (Phi) is 5.47. The van der Waals surface area contributed by atoms with E-state index < -0.39 is 7.32 Å². The molecule has 98 valence electrons. The number of aryl methyl sites for hydroxylation is 1. The summed E-state index contributed by atoms with van der Waals surface area (Å²) >= 11 is 0. The van der Waals surface area contributed by atoms with Crippen LogP contribution < -0.4 is 4.65 Å². The van der Waals surface area contributed by atoms with Crippen molar-refractivity contribution in [2.75, 3.05) is 6.61 Å². The first kappa shape index (κ1) is 13.7. The summed E-state index contributed by atoms with van der Waals surface area (Å²) in [5.74, 6) is 0.595. The number of hydrogen-bond acceptors (Lipinski definition) is 3. The van der Waals surface area contributed by atoms with Gasteiger partial charge in [0.2, 0.25) is 0 Å². The lowest BCUT2D eigenvalue weighted by atomic mass is 10.1. The normalized spacial score (nSPS) is 10.2. The first-order valence-corrected chi connectivity index (χ1v) is 6.40. The molecule has 2 aromatic rings. The van der Waals surface area contributed by atoms with E-state index in [4.69, 9.17) is 9.31 Å². The third-order valence-electron chi connectivity index (χ3n) is 2.69. The predicted molar refractivity (Wildman–Crippen MR) is 75.8 cm³/mol. The molecule has 0 aliphatic rings. The van der Waals surface area contributed by atoms with Gasteiger partial charge in [0, 0.05) is 6.61 Å². The monoisotopic (exact) mass is 256 g/mol. The zero-order valence-electron chi connectivity index (χ0n) is 10.7. The molecule has 0 aliphatic carbocycles. The smallest absolute Gasteiger partial charge is 0.512 e. The van der Waals surface area contributed by atoms with Crippen molar-refractivity contribution in [1.29, 1.82) is 0 Å². The van der Waals surface area contributed by atoms with Crippen LogP contribution in [-0.2, 0) is 11.1 Å². The molecule has 0 bridgehead atoms. The van der Waals surface area contributed by atoms with Crippen molar-refractivity contribution in [3.05, 3.63) is 66.2 Å². The standard InChI is InChI=1S/C15H17BO3/c17-16(19-15-11-5-2-6-12-15)18-13-7-10-14-8-3-1-4-9-14/h1-6,8-9,11-12,17H,7,10,13H2. The maximum absolute atomic E-state index is 9.56. The number of hydrogen-bond donors (Lipinski definition) is 1. The van der Waals surface area contributed by atoms with E-state index in [2.05, 4.69) is 12.1 Å². The van der Waals surface area contributed by atoms with Gasteiger partial charge in [0.05, 0.1) is 0 Å². The average molecular weight is 256 g/mol. The molecule has 0 atom stereocenters. The van der Waals surface area contributed by atoms with Crippen LogP contribution in [0.3, 0.4) is 0 Å². The summed E-state index contributed by atoms with van der Waals surface area (Å²) in [6.45, 7) is 0.461. The third kappa shape index (κ3) is 5.16. The van der Waals surface area contributed by atoms with Crippen LogP contribution in [0.4, 0.5) is 0 Å². The van der Waals surface area contributed by atoms with Crippen LogP contribution >= 0.6 is 0 Å². The molecule has 0 unspecified atom stereocenters. The van der Waals surface area contributed by atoms with Crippen LogP contribution in [0.2, 0.25) is 0 Å². The molecular formula is C15H17BO3. The van der Waals surface area contributed by atoms with Crippen molar-refractivity contribution in [2.24, 2.45) is 0 Å². The molecule has 4 heteroatoms. The Bertz CT molecular complexity index is 461. The largest absolute Gasteiger partial charge is 0.710 e. The molecule has 0 saturated carbocycles. The molecule has 0 saturated heterocycles. The summed E-state index contributed by atoms with van der Waals surface area (Å²) < 4.78 is 10.4. The lowest BCUT2D eigenvalue weighted by Crippen LogP contribution is -2.26. The van der Waals surface area contributed by atoms with Crippen molar-refractivity contribution >= 4 is 7.32 Å². The topological polar surface area (TPSA) is 38.7 Å². The van der Waals surface area contributed by atoms with Gasteiger partial charge in [-0.2, -0.15) is 0 Å². The van der Waals surface area contributed by atoms with E-state index >= 15 is 0 Å². The van der Waals surface area contributed by atoms with Gasteiger partial charge in [-0.15, -0.1) is 0 Å². The Morgan fingerprint density at radius 1 is 0.895 bits per heavy atom. The van der Waals surface area contributed by atoms with E-state index in [1.807, 2.05) is 36.4 Å². The first-order chi connectivity index (χ1) is 9.34. The molecule has 3 nitrogen and oxygen atoms in total. The number of rotatable bonds is 7. The molecule has 0 fully saturated rings. The second-order valence-electron chi connectivity index (χ2n) is 4.20. The van der Waals surface area contributed by atoms with E-state index in [-0.39, 0.29) is 0 Å². The van der Waals surface area contributed by atoms with Crippen LogP contribution in [0.5, 0.6) is 5.75 Å². The minimum absolute atomic E-state index is 0.461. The predicted octanol–water partition coefficient (Wildman–Crippen LogP) is 2.69. The fraction of sp³-hybridized carbons (Fsp3) is 0.200. The molecule has 0 aromatic heterocycles. The molecule has 0 heterocycles. The highest BCUT2D eigenvalue weighted by Gasteiger charge is 2.17. The van der Waals surface area contributed by atoms with Gasteiger partial charge in [0.1, 0.15) is 5.75 Å². The van der Waals surface area contributed by atoms with E-state index in [9.17, 15) is 5.02 Å². The zero-order chi connectivity index (χ0) is 13.3. The summed E-state index contributed by atoms with van der Waals surface area (Å²) in [6.07, 6.45) is 1.78. The van der Waals surface area contributed by atoms with Gasteiger partial charge in [-0.25, -0.2) is 0 Å².